The highest BCUT2D eigenvalue weighted by atomic mass is 35.5. The summed E-state index contributed by atoms with van der Waals surface area (Å²) in [4.78, 5) is 0. The minimum atomic E-state index is 0.369. The second-order valence-corrected chi connectivity index (χ2v) is 4.96. The zero-order chi connectivity index (χ0) is 13.5. The van der Waals surface area contributed by atoms with Gasteiger partial charge in [-0.05, 0) is 30.5 Å². The van der Waals surface area contributed by atoms with Crippen molar-refractivity contribution in [3.8, 4) is 5.75 Å². The van der Waals surface area contributed by atoms with E-state index in [1.807, 2.05) is 24.3 Å². The molecule has 0 aliphatic heterocycles. The highest BCUT2D eigenvalue weighted by molar-refractivity contribution is 6.32. The van der Waals surface area contributed by atoms with Crippen molar-refractivity contribution in [1.29, 1.82) is 0 Å². The van der Waals surface area contributed by atoms with Gasteiger partial charge in [0.25, 0.3) is 0 Å². The zero-order valence-electron chi connectivity index (χ0n) is 10.6. The van der Waals surface area contributed by atoms with Crippen molar-refractivity contribution in [2.75, 3.05) is 6.61 Å². The molecule has 0 heterocycles. The standard InChI is InChI=1S/C16H16Cl2O/c17-12-14-15(18)9-4-10-16(14)19-11-5-8-13-6-2-1-3-7-13/h1-4,6-7,9-10H,5,8,11-12H2. The van der Waals surface area contributed by atoms with Crippen molar-refractivity contribution < 1.29 is 4.74 Å². The molecule has 19 heavy (non-hydrogen) atoms. The summed E-state index contributed by atoms with van der Waals surface area (Å²) in [5, 5.41) is 0.663. The van der Waals surface area contributed by atoms with Crippen LogP contribution in [0.3, 0.4) is 0 Å². The summed E-state index contributed by atoms with van der Waals surface area (Å²) in [6, 6.07) is 16.0. The summed E-state index contributed by atoms with van der Waals surface area (Å²) in [6.07, 6.45) is 1.98. The van der Waals surface area contributed by atoms with Crippen molar-refractivity contribution in [3.05, 3.63) is 64.7 Å². The summed E-state index contributed by atoms with van der Waals surface area (Å²) < 4.78 is 5.76. The first-order valence-corrected chi connectivity index (χ1v) is 7.22. The molecule has 0 spiro atoms. The van der Waals surface area contributed by atoms with E-state index in [-0.39, 0.29) is 0 Å². The summed E-state index contributed by atoms with van der Waals surface area (Å²) in [6.45, 7) is 0.666. The molecule has 0 radical (unpaired) electrons. The van der Waals surface area contributed by atoms with Crippen LogP contribution >= 0.6 is 23.2 Å². The molecule has 0 amide bonds. The lowest BCUT2D eigenvalue weighted by molar-refractivity contribution is 0.309. The Labute approximate surface area is 124 Å². The summed E-state index contributed by atoms with van der Waals surface area (Å²) in [7, 11) is 0. The van der Waals surface area contributed by atoms with Crippen LogP contribution in [0, 0.1) is 0 Å². The Morgan fingerprint density at radius 1 is 0.947 bits per heavy atom. The van der Waals surface area contributed by atoms with Crippen molar-refractivity contribution in [1.82, 2.24) is 0 Å². The van der Waals surface area contributed by atoms with E-state index in [1.165, 1.54) is 5.56 Å². The molecule has 0 aliphatic carbocycles. The molecule has 1 nitrogen and oxygen atoms in total. The highest BCUT2D eigenvalue weighted by Crippen LogP contribution is 2.28. The van der Waals surface area contributed by atoms with Gasteiger partial charge in [0.1, 0.15) is 5.75 Å². The maximum atomic E-state index is 6.07. The smallest absolute Gasteiger partial charge is 0.125 e. The first-order chi connectivity index (χ1) is 9.31. The maximum absolute atomic E-state index is 6.07. The van der Waals surface area contributed by atoms with Crippen LogP contribution in [0.15, 0.2) is 48.5 Å². The fraction of sp³-hybridized carbons (Fsp3) is 0.250. The Balaban J connectivity index is 1.85. The number of hydrogen-bond donors (Lipinski definition) is 0. The van der Waals surface area contributed by atoms with Gasteiger partial charge in [-0.1, -0.05) is 48.0 Å². The van der Waals surface area contributed by atoms with Crippen molar-refractivity contribution in [2.45, 2.75) is 18.7 Å². The van der Waals surface area contributed by atoms with Gasteiger partial charge in [-0.25, -0.2) is 0 Å². The van der Waals surface area contributed by atoms with Gasteiger partial charge in [0.2, 0.25) is 0 Å². The van der Waals surface area contributed by atoms with Gasteiger partial charge in [0, 0.05) is 10.6 Å². The average Bonchev–Trinajstić information content (AvgIpc) is 2.45. The van der Waals surface area contributed by atoms with Gasteiger partial charge in [-0.3, -0.25) is 0 Å². The van der Waals surface area contributed by atoms with Gasteiger partial charge in [0.15, 0.2) is 0 Å². The first kappa shape index (κ1) is 14.2. The topological polar surface area (TPSA) is 9.23 Å². The Morgan fingerprint density at radius 2 is 1.74 bits per heavy atom. The Morgan fingerprint density at radius 3 is 2.47 bits per heavy atom. The number of rotatable bonds is 6. The predicted molar refractivity (Wildman–Crippen MR) is 81.3 cm³/mol. The van der Waals surface area contributed by atoms with Gasteiger partial charge in [-0.15, -0.1) is 11.6 Å². The Hall–Kier alpha value is -1.18. The number of hydrogen-bond acceptors (Lipinski definition) is 1. The number of ether oxygens (including phenoxy) is 1. The van der Waals surface area contributed by atoms with E-state index in [2.05, 4.69) is 24.3 Å². The van der Waals surface area contributed by atoms with Crippen LogP contribution in [0.1, 0.15) is 17.5 Å². The number of benzene rings is 2. The van der Waals surface area contributed by atoms with Gasteiger partial charge < -0.3 is 4.74 Å². The molecule has 0 saturated carbocycles. The van der Waals surface area contributed by atoms with Crippen LogP contribution in [0.25, 0.3) is 0 Å². The fourth-order valence-corrected chi connectivity index (χ4v) is 2.48. The van der Waals surface area contributed by atoms with E-state index in [1.54, 1.807) is 0 Å². The van der Waals surface area contributed by atoms with Gasteiger partial charge in [-0.2, -0.15) is 0 Å². The average molecular weight is 295 g/mol. The molecule has 2 aromatic carbocycles. The third-order valence-corrected chi connectivity index (χ3v) is 3.54. The van der Waals surface area contributed by atoms with Gasteiger partial charge in [0.05, 0.1) is 12.5 Å². The second kappa shape index (κ2) is 7.42. The monoisotopic (exact) mass is 294 g/mol. The maximum Gasteiger partial charge on any atom is 0.125 e. The highest BCUT2D eigenvalue weighted by Gasteiger charge is 2.06. The van der Waals surface area contributed by atoms with E-state index in [9.17, 15) is 0 Å². The minimum Gasteiger partial charge on any atom is -0.493 e. The van der Waals surface area contributed by atoms with E-state index in [0.717, 1.165) is 24.2 Å². The summed E-state index contributed by atoms with van der Waals surface area (Å²) >= 11 is 12.0. The number of alkyl halides is 1. The normalized spacial score (nSPS) is 10.4. The Kier molecular flexibility index (Phi) is 5.56. The fourth-order valence-electron chi connectivity index (χ4n) is 1.91. The summed E-state index contributed by atoms with van der Waals surface area (Å²) in [5.41, 5.74) is 2.19. The third-order valence-electron chi connectivity index (χ3n) is 2.92. The van der Waals surface area contributed by atoms with Crippen LogP contribution in [-0.2, 0) is 12.3 Å². The lowest BCUT2D eigenvalue weighted by atomic mass is 10.1. The number of halogens is 2. The molecule has 0 fully saturated rings. The molecule has 2 aromatic rings. The van der Waals surface area contributed by atoms with Crippen LogP contribution in [0.5, 0.6) is 5.75 Å². The number of aryl methyl sites for hydroxylation is 1. The van der Waals surface area contributed by atoms with Crippen molar-refractivity contribution >= 4 is 23.2 Å². The lowest BCUT2D eigenvalue weighted by Crippen LogP contribution is -2.01. The molecule has 0 bridgehead atoms. The lowest BCUT2D eigenvalue weighted by Gasteiger charge is -2.11. The van der Waals surface area contributed by atoms with Crippen LogP contribution in [-0.4, -0.2) is 6.61 Å². The summed E-state index contributed by atoms with van der Waals surface area (Å²) in [5.74, 6) is 1.16. The predicted octanol–water partition coefficient (Wildman–Crippen LogP) is 5.09. The van der Waals surface area contributed by atoms with Gasteiger partial charge >= 0.3 is 0 Å². The first-order valence-electron chi connectivity index (χ1n) is 6.31. The largest absolute Gasteiger partial charge is 0.493 e. The molecule has 100 valence electrons. The van der Waals surface area contributed by atoms with Crippen molar-refractivity contribution in [3.63, 3.8) is 0 Å². The van der Waals surface area contributed by atoms with Crippen LogP contribution in [0.4, 0.5) is 0 Å². The molecule has 3 heteroatoms. The molecular weight excluding hydrogens is 279 g/mol. The van der Waals surface area contributed by atoms with E-state index < -0.39 is 0 Å². The second-order valence-electron chi connectivity index (χ2n) is 4.29. The quantitative estimate of drug-likeness (QED) is 0.533. The van der Waals surface area contributed by atoms with Crippen molar-refractivity contribution in [2.24, 2.45) is 0 Å². The zero-order valence-corrected chi connectivity index (χ0v) is 12.1. The SMILES string of the molecule is ClCc1c(Cl)cccc1OCCCc1ccccc1. The molecule has 0 unspecified atom stereocenters. The minimum absolute atomic E-state index is 0.369. The molecular formula is C16H16Cl2O. The van der Waals surface area contributed by atoms with Crippen LogP contribution in [0.2, 0.25) is 5.02 Å². The molecule has 2 rings (SSSR count). The third kappa shape index (κ3) is 4.15. The van der Waals surface area contributed by atoms with E-state index >= 15 is 0 Å². The Bertz CT molecular complexity index is 511. The molecule has 0 N–H and O–H groups in total. The molecule has 0 aliphatic rings. The molecule has 0 saturated heterocycles. The van der Waals surface area contributed by atoms with E-state index in [0.29, 0.717) is 17.5 Å². The molecule has 0 atom stereocenters. The molecule has 0 aromatic heterocycles. The van der Waals surface area contributed by atoms with E-state index in [4.69, 9.17) is 27.9 Å². The van der Waals surface area contributed by atoms with Crippen LogP contribution < -0.4 is 4.74 Å².